The number of rotatable bonds is 3. The summed E-state index contributed by atoms with van der Waals surface area (Å²) in [5.74, 6) is -3.19. The number of alkyl halides is 6. The van der Waals surface area contributed by atoms with Crippen molar-refractivity contribution >= 4 is 28.3 Å². The van der Waals surface area contributed by atoms with Gasteiger partial charge in [-0.2, -0.15) is 26.3 Å². The van der Waals surface area contributed by atoms with Gasteiger partial charge in [0.05, 0.1) is 11.3 Å². The van der Waals surface area contributed by atoms with Crippen molar-refractivity contribution in [3.05, 3.63) is 35.2 Å². The van der Waals surface area contributed by atoms with Crippen LogP contribution < -0.4 is 10.6 Å². The summed E-state index contributed by atoms with van der Waals surface area (Å²) in [7, 11) is 0. The van der Waals surface area contributed by atoms with Crippen LogP contribution in [0.5, 0.6) is 0 Å². The number of carboxylic acid groups (broad SMARTS) is 1. The second-order valence-corrected chi connectivity index (χ2v) is 7.36. The van der Waals surface area contributed by atoms with E-state index in [1.54, 1.807) is 11.4 Å². The van der Waals surface area contributed by atoms with E-state index in [1.165, 1.54) is 23.5 Å². The van der Waals surface area contributed by atoms with Gasteiger partial charge in [-0.05, 0) is 18.9 Å². The average molecular weight is 469 g/mol. The number of carbonyl (C=O) groups excluding carboxylic acids is 1. The molecular weight excluding hydrogens is 452 g/mol. The molecule has 3 rings (SSSR count). The SMILES string of the molecule is NC(=O)C1CCN(c2nc(-c3ccccc3C(F)(F)F)cs2)CC1.O=C(O)C(F)(F)F. The zero-order valence-electron chi connectivity index (χ0n) is 15.7. The predicted octanol–water partition coefficient (Wildman–Crippen LogP) is 4.16. The smallest absolute Gasteiger partial charge is 0.475 e. The second-order valence-electron chi connectivity index (χ2n) is 6.53. The lowest BCUT2D eigenvalue weighted by Crippen LogP contribution is -2.38. The van der Waals surface area contributed by atoms with Crippen LogP contribution in [0.2, 0.25) is 0 Å². The van der Waals surface area contributed by atoms with Gasteiger partial charge in [0, 0.05) is 30.0 Å². The largest absolute Gasteiger partial charge is 0.490 e. The number of nitrogens with zero attached hydrogens (tertiary/aromatic N) is 2. The molecule has 13 heteroatoms. The number of benzene rings is 1. The van der Waals surface area contributed by atoms with Crippen molar-refractivity contribution in [1.29, 1.82) is 0 Å². The number of carboxylic acids is 1. The van der Waals surface area contributed by atoms with E-state index in [0.29, 0.717) is 36.8 Å². The fourth-order valence-electron chi connectivity index (χ4n) is 2.84. The maximum absolute atomic E-state index is 13.1. The number of thiazole rings is 1. The van der Waals surface area contributed by atoms with Crippen molar-refractivity contribution in [2.75, 3.05) is 18.0 Å². The molecule has 0 spiro atoms. The Kier molecular flexibility index (Phi) is 7.52. The Hall–Kier alpha value is -2.83. The molecule has 1 saturated heterocycles. The van der Waals surface area contributed by atoms with Crippen LogP contribution in [0.1, 0.15) is 18.4 Å². The Bertz CT molecular complexity index is 921. The molecule has 1 aromatic carbocycles. The molecule has 3 N–H and O–H groups in total. The fourth-order valence-corrected chi connectivity index (χ4v) is 3.72. The second kappa shape index (κ2) is 9.54. The first-order chi connectivity index (χ1) is 14.3. The van der Waals surface area contributed by atoms with Gasteiger partial charge >= 0.3 is 18.3 Å². The number of hydrogen-bond donors (Lipinski definition) is 2. The zero-order valence-corrected chi connectivity index (χ0v) is 16.5. The Morgan fingerprint density at radius 2 is 1.65 bits per heavy atom. The van der Waals surface area contributed by atoms with Crippen LogP contribution in [0, 0.1) is 5.92 Å². The van der Waals surface area contributed by atoms with Crippen LogP contribution in [0.3, 0.4) is 0 Å². The number of carbonyl (C=O) groups is 2. The van der Waals surface area contributed by atoms with E-state index in [0.717, 1.165) is 6.07 Å². The van der Waals surface area contributed by atoms with Gasteiger partial charge in [0.1, 0.15) is 0 Å². The topological polar surface area (TPSA) is 96.5 Å². The monoisotopic (exact) mass is 469 g/mol. The molecule has 0 bridgehead atoms. The Morgan fingerprint density at radius 3 is 2.13 bits per heavy atom. The number of halogens is 6. The van der Waals surface area contributed by atoms with Crippen LogP contribution in [0.4, 0.5) is 31.5 Å². The lowest BCUT2D eigenvalue weighted by atomic mass is 9.97. The van der Waals surface area contributed by atoms with E-state index >= 15 is 0 Å². The minimum absolute atomic E-state index is 0.0829. The van der Waals surface area contributed by atoms with Crippen molar-refractivity contribution in [3.63, 3.8) is 0 Å². The molecule has 0 aliphatic carbocycles. The van der Waals surface area contributed by atoms with E-state index < -0.39 is 23.9 Å². The lowest BCUT2D eigenvalue weighted by Gasteiger charge is -2.30. The molecule has 170 valence electrons. The number of primary amides is 1. The lowest BCUT2D eigenvalue weighted by molar-refractivity contribution is -0.192. The highest BCUT2D eigenvalue weighted by Gasteiger charge is 2.38. The molecule has 1 aliphatic heterocycles. The van der Waals surface area contributed by atoms with E-state index in [4.69, 9.17) is 15.6 Å². The Labute approximate surface area is 176 Å². The normalized spacial score (nSPS) is 15.2. The summed E-state index contributed by atoms with van der Waals surface area (Å²) in [5, 5.41) is 9.44. The summed E-state index contributed by atoms with van der Waals surface area (Å²) in [4.78, 5) is 26.5. The molecule has 2 aromatic rings. The number of nitrogens with two attached hydrogens (primary N) is 1. The molecule has 1 aliphatic rings. The third-order valence-electron chi connectivity index (χ3n) is 4.41. The van der Waals surface area contributed by atoms with Crippen molar-refractivity contribution < 1.29 is 41.0 Å². The van der Waals surface area contributed by atoms with Crippen molar-refractivity contribution in [1.82, 2.24) is 4.98 Å². The van der Waals surface area contributed by atoms with Crippen LogP contribution in [-0.2, 0) is 15.8 Å². The number of hydrogen-bond acceptors (Lipinski definition) is 5. The van der Waals surface area contributed by atoms with E-state index in [2.05, 4.69) is 4.98 Å². The quantitative estimate of drug-likeness (QED) is 0.658. The third kappa shape index (κ3) is 6.57. The minimum Gasteiger partial charge on any atom is -0.475 e. The molecule has 6 nitrogen and oxygen atoms in total. The number of aromatic nitrogens is 1. The van der Waals surface area contributed by atoms with Gasteiger partial charge in [-0.3, -0.25) is 4.79 Å². The molecule has 1 aromatic heterocycles. The number of aliphatic carboxylic acids is 1. The zero-order chi connectivity index (χ0) is 23.4. The van der Waals surface area contributed by atoms with E-state index in [1.807, 2.05) is 4.90 Å². The van der Waals surface area contributed by atoms with Gasteiger partial charge in [-0.15, -0.1) is 11.3 Å². The number of anilines is 1. The molecule has 1 amide bonds. The minimum atomic E-state index is -5.08. The fraction of sp³-hybridized carbons (Fsp3) is 0.389. The summed E-state index contributed by atoms with van der Waals surface area (Å²) in [5.41, 5.74) is 5.03. The van der Waals surface area contributed by atoms with Crippen LogP contribution in [0.15, 0.2) is 29.6 Å². The van der Waals surface area contributed by atoms with Crippen LogP contribution >= 0.6 is 11.3 Å². The Balaban J connectivity index is 0.000000423. The van der Waals surface area contributed by atoms with Gasteiger partial charge in [0.2, 0.25) is 5.91 Å². The van der Waals surface area contributed by atoms with Crippen LogP contribution in [0.25, 0.3) is 11.3 Å². The predicted molar refractivity (Wildman–Crippen MR) is 100 cm³/mol. The third-order valence-corrected chi connectivity index (χ3v) is 5.31. The van der Waals surface area contributed by atoms with Crippen LogP contribution in [-0.4, -0.2) is 41.2 Å². The molecule has 0 unspecified atom stereocenters. The molecule has 0 radical (unpaired) electrons. The first kappa shape index (κ1) is 24.4. The van der Waals surface area contributed by atoms with Gasteiger partial charge in [0.25, 0.3) is 0 Å². The maximum atomic E-state index is 13.1. The van der Waals surface area contributed by atoms with Gasteiger partial charge in [0.15, 0.2) is 5.13 Å². The summed E-state index contributed by atoms with van der Waals surface area (Å²) in [6.45, 7) is 1.25. The van der Waals surface area contributed by atoms with E-state index in [-0.39, 0.29) is 17.4 Å². The highest BCUT2D eigenvalue weighted by molar-refractivity contribution is 7.14. The summed E-state index contributed by atoms with van der Waals surface area (Å²) in [6, 6.07) is 5.43. The summed E-state index contributed by atoms with van der Waals surface area (Å²) < 4.78 is 71.1. The average Bonchev–Trinajstić information content (AvgIpc) is 3.17. The van der Waals surface area contributed by atoms with Crippen molar-refractivity contribution in [2.24, 2.45) is 11.7 Å². The molecular formula is C18H17F6N3O3S. The number of piperidine rings is 1. The van der Waals surface area contributed by atoms with Gasteiger partial charge in [-0.1, -0.05) is 18.2 Å². The first-order valence-corrected chi connectivity index (χ1v) is 9.65. The molecule has 1 fully saturated rings. The maximum Gasteiger partial charge on any atom is 0.490 e. The molecule has 2 heterocycles. The van der Waals surface area contributed by atoms with Crippen molar-refractivity contribution in [3.8, 4) is 11.3 Å². The molecule has 0 saturated carbocycles. The van der Waals surface area contributed by atoms with Crippen molar-refractivity contribution in [2.45, 2.75) is 25.2 Å². The highest BCUT2D eigenvalue weighted by atomic mass is 32.1. The molecule has 0 atom stereocenters. The standard InChI is InChI=1S/C16H16F3N3OS.C2HF3O2/c17-16(18,19)12-4-2-1-3-11(12)13-9-24-15(21-13)22-7-5-10(6-8-22)14(20)23;3-2(4,5)1(6)7/h1-4,9-10H,5-8H2,(H2,20,23);(H,6,7). The Morgan fingerprint density at radius 1 is 1.10 bits per heavy atom. The molecule has 31 heavy (non-hydrogen) atoms. The van der Waals surface area contributed by atoms with E-state index in [9.17, 15) is 31.1 Å². The summed E-state index contributed by atoms with van der Waals surface area (Å²) >= 11 is 1.31. The first-order valence-electron chi connectivity index (χ1n) is 8.77. The highest BCUT2D eigenvalue weighted by Crippen LogP contribution is 2.38. The van der Waals surface area contributed by atoms with Gasteiger partial charge in [-0.25, -0.2) is 9.78 Å². The number of amides is 1. The van der Waals surface area contributed by atoms with Gasteiger partial charge < -0.3 is 15.7 Å². The summed E-state index contributed by atoms with van der Waals surface area (Å²) in [6.07, 6.45) is -8.22.